The highest BCUT2D eigenvalue weighted by molar-refractivity contribution is 5.68. The molecule has 3 aromatic carbocycles. The molecule has 2 amide bonds. The maximum atomic E-state index is 13.0. The van der Waals surface area contributed by atoms with Crippen LogP contribution in [-0.2, 0) is 29.2 Å². The minimum absolute atomic E-state index is 0.198. The molecular weight excluding hydrogens is 516 g/mol. The summed E-state index contributed by atoms with van der Waals surface area (Å²) < 4.78 is 11.2. The van der Waals surface area contributed by atoms with Gasteiger partial charge in [0.25, 0.3) is 0 Å². The predicted octanol–water partition coefficient (Wildman–Crippen LogP) is 7.19. The second kappa shape index (κ2) is 19.3. The van der Waals surface area contributed by atoms with Crippen LogP contribution in [0.15, 0.2) is 91.0 Å². The zero-order chi connectivity index (χ0) is 29.0. The van der Waals surface area contributed by atoms with Crippen LogP contribution in [0, 0.1) is 0 Å². The van der Waals surface area contributed by atoms with Gasteiger partial charge in [-0.05, 0) is 48.8 Å². The summed E-state index contributed by atoms with van der Waals surface area (Å²) in [6.07, 6.45) is 5.42. The minimum Gasteiger partial charge on any atom is -0.445 e. The maximum absolute atomic E-state index is 13.0. The molecule has 0 saturated carbocycles. The van der Waals surface area contributed by atoms with E-state index in [2.05, 4.69) is 0 Å². The van der Waals surface area contributed by atoms with E-state index in [1.165, 1.54) is 0 Å². The number of hydrogen-bond acceptors (Lipinski definition) is 5. The Morgan fingerprint density at radius 1 is 0.512 bits per heavy atom. The number of aliphatic hydroxyl groups excluding tert-OH is 1. The van der Waals surface area contributed by atoms with Crippen LogP contribution in [-0.4, -0.2) is 53.3 Å². The number of carbonyl (C=O) groups is 2. The van der Waals surface area contributed by atoms with Crippen molar-refractivity contribution in [3.63, 3.8) is 0 Å². The molecule has 1 N–H and O–H groups in total. The zero-order valence-corrected chi connectivity index (χ0v) is 24.0. The highest BCUT2D eigenvalue weighted by atomic mass is 16.6. The van der Waals surface area contributed by atoms with Gasteiger partial charge in [0.05, 0.1) is 0 Å². The molecule has 0 fully saturated rings. The molecule has 7 nitrogen and oxygen atoms in total. The molecule has 0 unspecified atom stereocenters. The van der Waals surface area contributed by atoms with Crippen LogP contribution in [0.2, 0.25) is 0 Å². The summed E-state index contributed by atoms with van der Waals surface area (Å²) in [5.41, 5.74) is 2.97. The minimum atomic E-state index is -0.327. The number of carbonyl (C=O) groups excluding carboxylic acids is 2. The summed E-state index contributed by atoms with van der Waals surface area (Å²) in [6.45, 7) is 2.98. The molecule has 7 heteroatoms. The molecule has 41 heavy (non-hydrogen) atoms. The van der Waals surface area contributed by atoms with Gasteiger partial charge in [0.2, 0.25) is 0 Å². The lowest BCUT2D eigenvalue weighted by atomic mass is 10.1. The van der Waals surface area contributed by atoms with Crippen LogP contribution in [0.25, 0.3) is 0 Å². The summed E-state index contributed by atoms with van der Waals surface area (Å²) in [7, 11) is 0. The van der Waals surface area contributed by atoms with Gasteiger partial charge in [0.1, 0.15) is 13.2 Å². The molecule has 0 atom stereocenters. The van der Waals surface area contributed by atoms with Crippen LogP contribution >= 0.6 is 0 Å². The van der Waals surface area contributed by atoms with Crippen molar-refractivity contribution < 1.29 is 24.2 Å². The Labute approximate surface area is 244 Å². The van der Waals surface area contributed by atoms with E-state index in [1.54, 1.807) is 9.80 Å². The smallest absolute Gasteiger partial charge is 0.410 e. The molecular formula is C34H44N2O5. The van der Waals surface area contributed by atoms with E-state index < -0.39 is 0 Å². The van der Waals surface area contributed by atoms with Gasteiger partial charge in [-0.2, -0.15) is 0 Å². The lowest BCUT2D eigenvalue weighted by molar-refractivity contribution is 0.0916. The van der Waals surface area contributed by atoms with Crippen molar-refractivity contribution in [1.29, 1.82) is 0 Å². The average Bonchev–Trinajstić information content (AvgIpc) is 3.02. The molecule has 0 aliphatic heterocycles. The molecule has 0 radical (unpaired) electrons. The van der Waals surface area contributed by atoms with Gasteiger partial charge in [-0.25, -0.2) is 9.59 Å². The molecule has 0 heterocycles. The van der Waals surface area contributed by atoms with E-state index in [0.717, 1.165) is 61.6 Å². The van der Waals surface area contributed by atoms with Crippen LogP contribution < -0.4 is 0 Å². The number of ether oxygens (including phenoxy) is 2. The zero-order valence-electron chi connectivity index (χ0n) is 24.0. The largest absolute Gasteiger partial charge is 0.445 e. The molecule has 0 aliphatic rings. The summed E-state index contributed by atoms with van der Waals surface area (Å²) in [6, 6.07) is 29.3. The molecule has 220 valence electrons. The molecule has 0 bridgehead atoms. The van der Waals surface area contributed by atoms with E-state index in [-0.39, 0.29) is 32.0 Å². The van der Waals surface area contributed by atoms with Crippen LogP contribution in [0.3, 0.4) is 0 Å². The van der Waals surface area contributed by atoms with E-state index in [0.29, 0.717) is 26.2 Å². The predicted molar refractivity (Wildman–Crippen MR) is 161 cm³/mol. The van der Waals surface area contributed by atoms with Gasteiger partial charge in [-0.1, -0.05) is 104 Å². The van der Waals surface area contributed by atoms with Crippen molar-refractivity contribution in [3.05, 3.63) is 108 Å². The SMILES string of the molecule is O=C(OCc1ccccc1)N(CCCCCCO)CCCCCN(Cc1ccccc1)C(=O)OCc1ccccc1. The van der Waals surface area contributed by atoms with Crippen molar-refractivity contribution in [2.24, 2.45) is 0 Å². The van der Waals surface area contributed by atoms with E-state index in [9.17, 15) is 9.59 Å². The van der Waals surface area contributed by atoms with Crippen LogP contribution in [0.4, 0.5) is 9.59 Å². The topological polar surface area (TPSA) is 79.3 Å². The summed E-state index contributed by atoms with van der Waals surface area (Å²) in [5, 5.41) is 9.03. The molecule has 0 spiro atoms. The van der Waals surface area contributed by atoms with E-state index >= 15 is 0 Å². The first-order valence-corrected chi connectivity index (χ1v) is 14.7. The summed E-state index contributed by atoms with van der Waals surface area (Å²) >= 11 is 0. The summed E-state index contributed by atoms with van der Waals surface area (Å²) in [5.74, 6) is 0. The van der Waals surface area contributed by atoms with Gasteiger partial charge in [-0.15, -0.1) is 0 Å². The Morgan fingerprint density at radius 3 is 1.39 bits per heavy atom. The first-order valence-electron chi connectivity index (χ1n) is 14.7. The van der Waals surface area contributed by atoms with E-state index in [1.807, 2.05) is 91.0 Å². The van der Waals surface area contributed by atoms with Crippen molar-refractivity contribution in [1.82, 2.24) is 9.80 Å². The molecule has 3 rings (SSSR count). The molecule has 0 aliphatic carbocycles. The third-order valence-corrected chi connectivity index (χ3v) is 6.84. The standard InChI is InChI=1S/C34H44N2O5/c37-26-16-2-1-13-23-35(33(38)40-28-31-19-9-4-10-20-31)24-14-6-15-25-36(27-30-17-7-3-8-18-30)34(39)41-29-32-21-11-5-12-22-32/h3-5,7-12,17-22,37H,1-2,6,13-16,23-29H2. The Balaban J connectivity index is 1.48. The normalized spacial score (nSPS) is 10.7. The third kappa shape index (κ3) is 12.9. The molecule has 0 saturated heterocycles. The van der Waals surface area contributed by atoms with Gasteiger partial charge < -0.3 is 24.4 Å². The van der Waals surface area contributed by atoms with Gasteiger partial charge in [-0.3, -0.25) is 0 Å². The Morgan fingerprint density at radius 2 is 0.902 bits per heavy atom. The maximum Gasteiger partial charge on any atom is 0.410 e. The fourth-order valence-electron chi connectivity index (χ4n) is 4.50. The number of amides is 2. The number of nitrogens with zero attached hydrogens (tertiary/aromatic N) is 2. The fraction of sp³-hybridized carbons (Fsp3) is 0.412. The highest BCUT2D eigenvalue weighted by Crippen LogP contribution is 2.12. The van der Waals surface area contributed by atoms with E-state index in [4.69, 9.17) is 14.6 Å². The monoisotopic (exact) mass is 560 g/mol. The number of aliphatic hydroxyl groups is 1. The Kier molecular flexibility index (Phi) is 14.9. The highest BCUT2D eigenvalue weighted by Gasteiger charge is 2.17. The van der Waals surface area contributed by atoms with Crippen molar-refractivity contribution in [2.75, 3.05) is 26.2 Å². The average molecular weight is 561 g/mol. The Bertz CT molecular complexity index is 1110. The Hall–Kier alpha value is -3.84. The second-order valence-corrected chi connectivity index (χ2v) is 10.2. The van der Waals surface area contributed by atoms with Crippen molar-refractivity contribution >= 4 is 12.2 Å². The number of rotatable bonds is 18. The van der Waals surface area contributed by atoms with Crippen LogP contribution in [0.1, 0.15) is 61.6 Å². The molecule has 0 aromatic heterocycles. The number of benzene rings is 3. The first-order chi connectivity index (χ1) is 20.2. The lowest BCUT2D eigenvalue weighted by Gasteiger charge is -2.24. The quantitative estimate of drug-likeness (QED) is 0.167. The fourth-order valence-corrected chi connectivity index (χ4v) is 4.50. The first kappa shape index (κ1) is 31.7. The third-order valence-electron chi connectivity index (χ3n) is 6.84. The van der Waals surface area contributed by atoms with Crippen molar-refractivity contribution in [3.8, 4) is 0 Å². The van der Waals surface area contributed by atoms with Crippen molar-refractivity contribution in [2.45, 2.75) is 64.7 Å². The molecule has 3 aromatic rings. The van der Waals surface area contributed by atoms with Gasteiger partial charge in [0, 0.05) is 32.8 Å². The van der Waals surface area contributed by atoms with Gasteiger partial charge in [0.15, 0.2) is 0 Å². The van der Waals surface area contributed by atoms with Crippen LogP contribution in [0.5, 0.6) is 0 Å². The second-order valence-electron chi connectivity index (χ2n) is 10.2. The number of hydrogen-bond donors (Lipinski definition) is 1. The van der Waals surface area contributed by atoms with Gasteiger partial charge >= 0.3 is 12.2 Å². The summed E-state index contributed by atoms with van der Waals surface area (Å²) in [4.78, 5) is 29.4. The lowest BCUT2D eigenvalue weighted by Crippen LogP contribution is -2.34. The number of unbranched alkanes of at least 4 members (excludes halogenated alkanes) is 5.